The highest BCUT2D eigenvalue weighted by atomic mass is 35.5. The van der Waals surface area contributed by atoms with Gasteiger partial charge in [0.2, 0.25) is 0 Å². The molecule has 0 bridgehead atoms. The summed E-state index contributed by atoms with van der Waals surface area (Å²) in [6, 6.07) is 13.9. The minimum atomic E-state index is 0.385. The minimum absolute atomic E-state index is 0.385. The molecule has 0 aliphatic rings. The van der Waals surface area contributed by atoms with E-state index in [1.807, 2.05) is 43.3 Å². The Kier molecular flexibility index (Phi) is 6.07. The van der Waals surface area contributed by atoms with Crippen molar-refractivity contribution in [2.45, 2.75) is 31.2 Å². The van der Waals surface area contributed by atoms with E-state index < -0.39 is 0 Å². The standard InChI is InChI=1S/C23H24ClN4O2S/c1-13(2)31-23-25-22(26-27-23)28-14(3)9-16-11-19(29-4)20(30-5)12-18(16)21(28)15-7-6-8-17(24)10-15/h6-13H,1-5H3,(H,25,26,27)/q+1. The molecule has 4 aromatic rings. The number of pyridine rings is 1. The third-order valence-corrected chi connectivity index (χ3v) is 5.96. The van der Waals surface area contributed by atoms with Crippen LogP contribution in [0.5, 0.6) is 11.5 Å². The Balaban J connectivity index is 2.06. The van der Waals surface area contributed by atoms with Gasteiger partial charge in [0.15, 0.2) is 11.5 Å². The molecule has 1 N–H and O–H groups in total. The number of halogens is 1. The van der Waals surface area contributed by atoms with Crippen molar-refractivity contribution in [3.05, 3.63) is 53.2 Å². The average molecular weight is 456 g/mol. The molecule has 0 aliphatic heterocycles. The molecule has 0 saturated heterocycles. The van der Waals surface area contributed by atoms with Crippen LogP contribution in [0.4, 0.5) is 0 Å². The van der Waals surface area contributed by atoms with E-state index in [0.717, 1.165) is 27.7 Å². The van der Waals surface area contributed by atoms with E-state index in [-0.39, 0.29) is 0 Å². The van der Waals surface area contributed by atoms with Gasteiger partial charge in [-0.25, -0.2) is 0 Å². The summed E-state index contributed by atoms with van der Waals surface area (Å²) in [6.07, 6.45) is 0. The second-order valence-corrected chi connectivity index (χ2v) is 9.36. The first kappa shape index (κ1) is 21.5. The molecule has 0 unspecified atom stereocenters. The number of benzene rings is 2. The number of hydrogen-bond acceptors (Lipinski definition) is 5. The fraction of sp³-hybridized carbons (Fsp3) is 0.261. The summed E-state index contributed by atoms with van der Waals surface area (Å²) in [4.78, 5) is 4.74. The first-order valence-electron chi connectivity index (χ1n) is 9.88. The number of aryl methyl sites for hydroxylation is 1. The second kappa shape index (κ2) is 8.77. The first-order chi connectivity index (χ1) is 14.9. The van der Waals surface area contributed by atoms with Gasteiger partial charge in [0.05, 0.1) is 19.9 Å². The van der Waals surface area contributed by atoms with Crippen LogP contribution in [0.15, 0.2) is 47.6 Å². The van der Waals surface area contributed by atoms with E-state index in [1.54, 1.807) is 26.0 Å². The number of hydrogen-bond donors (Lipinski definition) is 1. The van der Waals surface area contributed by atoms with Crippen LogP contribution in [0.25, 0.3) is 28.0 Å². The normalized spacial score (nSPS) is 11.3. The van der Waals surface area contributed by atoms with Gasteiger partial charge in [-0.15, -0.1) is 5.10 Å². The largest absolute Gasteiger partial charge is 0.493 e. The lowest BCUT2D eigenvalue weighted by Gasteiger charge is -2.15. The number of aromatic amines is 1. The van der Waals surface area contributed by atoms with Gasteiger partial charge < -0.3 is 9.47 Å². The van der Waals surface area contributed by atoms with Crippen LogP contribution >= 0.6 is 23.4 Å². The van der Waals surface area contributed by atoms with E-state index in [1.165, 1.54) is 0 Å². The highest BCUT2D eigenvalue weighted by Crippen LogP contribution is 2.37. The smallest absolute Gasteiger partial charge is 0.423 e. The van der Waals surface area contributed by atoms with Crippen molar-refractivity contribution in [1.82, 2.24) is 15.2 Å². The molecule has 0 aliphatic carbocycles. The van der Waals surface area contributed by atoms with Crippen LogP contribution in [-0.2, 0) is 0 Å². The number of aromatic nitrogens is 4. The number of fused-ring (bicyclic) bond motifs is 1. The van der Waals surface area contributed by atoms with Crippen molar-refractivity contribution in [3.63, 3.8) is 0 Å². The van der Waals surface area contributed by atoms with Crippen LogP contribution in [0.1, 0.15) is 19.5 Å². The van der Waals surface area contributed by atoms with Crippen LogP contribution < -0.4 is 14.0 Å². The summed E-state index contributed by atoms with van der Waals surface area (Å²) in [6.45, 7) is 6.28. The molecule has 2 aromatic carbocycles. The number of rotatable bonds is 6. The van der Waals surface area contributed by atoms with E-state index in [4.69, 9.17) is 26.1 Å². The quantitative estimate of drug-likeness (QED) is 0.312. The molecule has 31 heavy (non-hydrogen) atoms. The van der Waals surface area contributed by atoms with Crippen molar-refractivity contribution < 1.29 is 14.0 Å². The van der Waals surface area contributed by atoms with Crippen molar-refractivity contribution >= 4 is 34.1 Å². The summed E-state index contributed by atoms with van der Waals surface area (Å²) in [5, 5.41) is 11.3. The number of nitrogens with zero attached hydrogens (tertiary/aromatic N) is 3. The van der Waals surface area contributed by atoms with Gasteiger partial charge in [0.25, 0.3) is 5.16 Å². The summed E-state index contributed by atoms with van der Waals surface area (Å²) in [5.41, 5.74) is 2.89. The van der Waals surface area contributed by atoms with Gasteiger partial charge >= 0.3 is 5.95 Å². The molecule has 8 heteroatoms. The van der Waals surface area contributed by atoms with Crippen molar-refractivity contribution in [2.24, 2.45) is 0 Å². The van der Waals surface area contributed by atoms with E-state index >= 15 is 0 Å². The second-order valence-electron chi connectivity index (χ2n) is 7.38. The maximum atomic E-state index is 6.36. The fourth-order valence-electron chi connectivity index (χ4n) is 3.60. The predicted octanol–water partition coefficient (Wildman–Crippen LogP) is 5.38. The Morgan fingerprint density at radius 2 is 1.81 bits per heavy atom. The SMILES string of the molecule is COc1cc2cc(C)[n+](-c3nc(SC(C)C)n[nH]3)c(-c3cccc(Cl)c3)c2cc1OC. The maximum absolute atomic E-state index is 6.36. The molecule has 4 rings (SSSR count). The topological polar surface area (TPSA) is 63.9 Å². The summed E-state index contributed by atoms with van der Waals surface area (Å²) in [5.74, 6) is 1.98. The van der Waals surface area contributed by atoms with Gasteiger partial charge in [-0.3, -0.25) is 0 Å². The number of methoxy groups -OCH3 is 2. The van der Waals surface area contributed by atoms with Crippen molar-refractivity contribution in [1.29, 1.82) is 0 Å². The Labute approximate surface area is 190 Å². The molecule has 160 valence electrons. The lowest BCUT2D eigenvalue weighted by atomic mass is 10.0. The minimum Gasteiger partial charge on any atom is -0.493 e. The molecule has 0 saturated carbocycles. The molecule has 2 aromatic heterocycles. The monoisotopic (exact) mass is 455 g/mol. The number of thioether (sulfide) groups is 1. The lowest BCUT2D eigenvalue weighted by Crippen LogP contribution is -2.38. The van der Waals surface area contributed by atoms with Gasteiger partial charge in [0.1, 0.15) is 5.69 Å². The van der Waals surface area contributed by atoms with Crippen LogP contribution in [0.3, 0.4) is 0 Å². The fourth-order valence-corrected chi connectivity index (χ4v) is 4.45. The molecule has 0 amide bonds. The number of nitrogens with one attached hydrogen (secondary N) is 1. The van der Waals surface area contributed by atoms with Crippen LogP contribution in [-0.4, -0.2) is 34.7 Å². The van der Waals surface area contributed by atoms with E-state index in [2.05, 4.69) is 34.7 Å². The molecule has 0 radical (unpaired) electrons. The molecule has 0 spiro atoms. The van der Waals surface area contributed by atoms with Gasteiger partial charge in [-0.1, -0.05) is 54.4 Å². The highest BCUT2D eigenvalue weighted by molar-refractivity contribution is 7.99. The summed E-state index contributed by atoms with van der Waals surface area (Å²) >= 11 is 7.97. The zero-order chi connectivity index (χ0) is 22.1. The van der Waals surface area contributed by atoms with Gasteiger partial charge in [-0.2, -0.15) is 4.57 Å². The third-order valence-electron chi connectivity index (χ3n) is 4.86. The molecule has 0 atom stereocenters. The number of H-pyrrole nitrogens is 1. The third kappa shape index (κ3) is 4.20. The average Bonchev–Trinajstić information content (AvgIpc) is 3.18. The Hall–Kier alpha value is -2.77. The summed E-state index contributed by atoms with van der Waals surface area (Å²) in [7, 11) is 3.27. The van der Waals surface area contributed by atoms with Gasteiger partial charge in [0, 0.05) is 21.2 Å². The Morgan fingerprint density at radius 1 is 1.06 bits per heavy atom. The highest BCUT2D eigenvalue weighted by Gasteiger charge is 2.25. The first-order valence-corrected chi connectivity index (χ1v) is 11.1. The Morgan fingerprint density at radius 3 is 2.48 bits per heavy atom. The zero-order valence-electron chi connectivity index (χ0n) is 18.1. The maximum Gasteiger partial charge on any atom is 0.423 e. The number of ether oxygens (including phenoxy) is 2. The molecular formula is C23H24ClN4O2S+. The van der Waals surface area contributed by atoms with Crippen LogP contribution in [0, 0.1) is 6.92 Å². The van der Waals surface area contributed by atoms with Crippen LogP contribution in [0.2, 0.25) is 5.02 Å². The van der Waals surface area contributed by atoms with Gasteiger partial charge in [-0.05, 0) is 47.6 Å². The Bertz CT molecular complexity index is 1260. The lowest BCUT2D eigenvalue weighted by molar-refractivity contribution is -0.597. The molecule has 0 fully saturated rings. The predicted molar refractivity (Wildman–Crippen MR) is 125 cm³/mol. The summed E-state index contributed by atoms with van der Waals surface area (Å²) < 4.78 is 13.2. The van der Waals surface area contributed by atoms with E-state index in [0.29, 0.717) is 32.9 Å². The van der Waals surface area contributed by atoms with E-state index in [9.17, 15) is 0 Å². The molecular weight excluding hydrogens is 432 g/mol. The van der Waals surface area contributed by atoms with Crippen molar-refractivity contribution in [2.75, 3.05) is 14.2 Å². The molecule has 6 nitrogen and oxygen atoms in total. The van der Waals surface area contributed by atoms with Crippen molar-refractivity contribution in [3.8, 4) is 28.7 Å². The zero-order valence-corrected chi connectivity index (χ0v) is 19.6. The molecule has 2 heterocycles.